The molecule has 0 saturated carbocycles. The van der Waals surface area contributed by atoms with Gasteiger partial charge < -0.3 is 0 Å². The van der Waals surface area contributed by atoms with Crippen molar-refractivity contribution in [3.63, 3.8) is 0 Å². The summed E-state index contributed by atoms with van der Waals surface area (Å²) >= 11 is 0. The van der Waals surface area contributed by atoms with Crippen LogP contribution in [0.25, 0.3) is 88.3 Å². The van der Waals surface area contributed by atoms with Crippen molar-refractivity contribution in [3.8, 4) is 66.8 Å². The van der Waals surface area contributed by atoms with E-state index >= 15 is 0 Å². The lowest BCUT2D eigenvalue weighted by Gasteiger charge is -2.24. The minimum absolute atomic E-state index is 0.0110. The Kier molecular flexibility index (Phi) is 5.34. The maximum atomic E-state index is 2.51. The van der Waals surface area contributed by atoms with Gasteiger partial charge in [-0.1, -0.05) is 143 Å². The molecule has 0 radical (unpaired) electrons. The molecular weight excluding hydrogens is 601 g/mol. The van der Waals surface area contributed by atoms with Crippen molar-refractivity contribution in [2.24, 2.45) is 0 Å². The lowest BCUT2D eigenvalue weighted by atomic mass is 9.79. The van der Waals surface area contributed by atoms with Gasteiger partial charge in [0.2, 0.25) is 0 Å². The fraction of sp³-hybridized carbons (Fsp3) is 0.120. The van der Waals surface area contributed by atoms with Gasteiger partial charge >= 0.3 is 0 Å². The first-order valence-corrected chi connectivity index (χ1v) is 17.9. The zero-order valence-corrected chi connectivity index (χ0v) is 28.9. The number of rotatable bonds is 2. The molecule has 11 rings (SSSR count). The highest BCUT2D eigenvalue weighted by atomic mass is 14.4. The first-order chi connectivity index (χ1) is 24.3. The summed E-state index contributed by atoms with van der Waals surface area (Å²) in [5.74, 6) is 0. The average Bonchev–Trinajstić information content (AvgIpc) is 3.67. The molecule has 0 heteroatoms. The Morgan fingerprint density at radius 3 is 1.72 bits per heavy atom. The molecule has 0 atom stereocenters. The Labute approximate surface area is 293 Å². The molecule has 0 bridgehead atoms. The van der Waals surface area contributed by atoms with Crippen LogP contribution in [0.4, 0.5) is 0 Å². The highest BCUT2D eigenvalue weighted by Gasteiger charge is 2.41. The topological polar surface area (TPSA) is 0 Å². The van der Waals surface area contributed by atoms with Gasteiger partial charge in [-0.3, -0.25) is 0 Å². The van der Waals surface area contributed by atoms with E-state index in [1.165, 1.54) is 111 Å². The van der Waals surface area contributed by atoms with Crippen LogP contribution in [0, 0.1) is 0 Å². The Morgan fingerprint density at radius 2 is 0.900 bits per heavy atom. The fourth-order valence-electron chi connectivity index (χ4n) is 9.88. The van der Waals surface area contributed by atoms with Crippen LogP contribution in [0.3, 0.4) is 0 Å². The molecule has 3 aliphatic rings. The van der Waals surface area contributed by atoms with Crippen LogP contribution in [0.2, 0.25) is 0 Å². The normalized spacial score (nSPS) is 15.1. The van der Waals surface area contributed by atoms with E-state index < -0.39 is 0 Å². The van der Waals surface area contributed by atoms with E-state index in [2.05, 4.69) is 173 Å². The molecule has 0 aromatic heterocycles. The minimum atomic E-state index is -0.101. The van der Waals surface area contributed by atoms with Crippen LogP contribution in [0.1, 0.15) is 49.9 Å². The fourth-order valence-corrected chi connectivity index (χ4v) is 9.88. The van der Waals surface area contributed by atoms with Gasteiger partial charge in [-0.05, 0) is 141 Å². The van der Waals surface area contributed by atoms with Gasteiger partial charge in [0.05, 0.1) is 0 Å². The third-order valence-electron chi connectivity index (χ3n) is 12.4. The van der Waals surface area contributed by atoms with E-state index in [0.717, 1.165) is 0 Å². The first kappa shape index (κ1) is 28.2. The molecule has 0 fully saturated rings. The third kappa shape index (κ3) is 3.51. The number of benzene rings is 8. The highest BCUT2D eigenvalue weighted by Crippen LogP contribution is 2.57. The molecule has 0 aliphatic heterocycles. The van der Waals surface area contributed by atoms with Crippen molar-refractivity contribution in [1.82, 2.24) is 0 Å². The van der Waals surface area contributed by atoms with Crippen LogP contribution in [0.15, 0.2) is 146 Å². The lowest BCUT2D eigenvalue weighted by molar-refractivity contribution is 0.652. The van der Waals surface area contributed by atoms with Crippen LogP contribution in [0.5, 0.6) is 0 Å². The number of hydrogen-bond donors (Lipinski definition) is 0. The van der Waals surface area contributed by atoms with Gasteiger partial charge in [0, 0.05) is 10.8 Å². The molecule has 3 aliphatic carbocycles. The Morgan fingerprint density at radius 1 is 0.320 bits per heavy atom. The summed E-state index contributed by atoms with van der Waals surface area (Å²) in [7, 11) is 0. The van der Waals surface area contributed by atoms with Gasteiger partial charge in [0.25, 0.3) is 0 Å². The third-order valence-corrected chi connectivity index (χ3v) is 12.4. The standard InChI is InChI=1S/C50H36/c1-49(2)42-21-8-7-18-35(42)39-27-45-40(28-44(39)49)36-23-22-31(26-43(36)50(45,3)4)30-15-9-16-33(24-30)47-34-17-6-5-12-32(34)25-41-37-19-10-13-29-14-11-20-38(46(29)37)48(41)47/h5-28H,1-4H3. The molecule has 0 amide bonds. The summed E-state index contributed by atoms with van der Waals surface area (Å²) in [6, 6.07) is 55.3. The second-order valence-corrected chi connectivity index (χ2v) is 15.7. The first-order valence-electron chi connectivity index (χ1n) is 17.9. The molecule has 236 valence electrons. The van der Waals surface area contributed by atoms with Crippen molar-refractivity contribution < 1.29 is 0 Å². The second kappa shape index (κ2) is 9.49. The number of hydrogen-bond acceptors (Lipinski definition) is 0. The van der Waals surface area contributed by atoms with E-state index in [1.807, 2.05) is 0 Å². The second-order valence-electron chi connectivity index (χ2n) is 15.7. The monoisotopic (exact) mass is 636 g/mol. The van der Waals surface area contributed by atoms with Crippen molar-refractivity contribution in [2.75, 3.05) is 0 Å². The summed E-state index contributed by atoms with van der Waals surface area (Å²) in [6.45, 7) is 9.58. The van der Waals surface area contributed by atoms with Crippen molar-refractivity contribution in [3.05, 3.63) is 168 Å². The van der Waals surface area contributed by atoms with E-state index in [1.54, 1.807) is 0 Å². The largest absolute Gasteiger partial charge is 0.0619 e. The zero-order chi connectivity index (χ0) is 33.5. The SMILES string of the molecule is CC1(C)c2ccccc2-c2cc3c(cc21)-c1ccc(-c2cccc(-c4c5c(cc6ccccc46)-c4cccc6cccc-5c46)c2)cc1C3(C)C. The van der Waals surface area contributed by atoms with Crippen LogP contribution >= 0.6 is 0 Å². The molecule has 0 spiro atoms. The highest BCUT2D eigenvalue weighted by molar-refractivity contribution is 6.22. The Bertz CT molecular complexity index is 2800. The van der Waals surface area contributed by atoms with Gasteiger partial charge in [0.15, 0.2) is 0 Å². The molecule has 0 heterocycles. The van der Waals surface area contributed by atoms with Crippen LogP contribution in [-0.4, -0.2) is 0 Å². The minimum Gasteiger partial charge on any atom is -0.0619 e. The summed E-state index contributed by atoms with van der Waals surface area (Å²) in [5, 5.41) is 5.26. The predicted octanol–water partition coefficient (Wildman–Crippen LogP) is 13.6. The summed E-state index contributed by atoms with van der Waals surface area (Å²) in [5.41, 5.74) is 21.7. The molecule has 0 unspecified atom stereocenters. The van der Waals surface area contributed by atoms with Gasteiger partial charge in [-0.2, -0.15) is 0 Å². The quantitative estimate of drug-likeness (QED) is 0.177. The molecule has 8 aromatic rings. The van der Waals surface area contributed by atoms with Crippen LogP contribution < -0.4 is 0 Å². The van der Waals surface area contributed by atoms with Gasteiger partial charge in [-0.15, -0.1) is 0 Å². The maximum Gasteiger partial charge on any atom is 0.0159 e. The van der Waals surface area contributed by atoms with Gasteiger partial charge in [0.1, 0.15) is 0 Å². The average molecular weight is 637 g/mol. The molecule has 0 saturated heterocycles. The van der Waals surface area contributed by atoms with E-state index in [-0.39, 0.29) is 10.8 Å². The smallest absolute Gasteiger partial charge is 0.0159 e. The van der Waals surface area contributed by atoms with Crippen molar-refractivity contribution in [2.45, 2.75) is 38.5 Å². The van der Waals surface area contributed by atoms with Crippen molar-refractivity contribution >= 4 is 21.5 Å². The zero-order valence-electron chi connectivity index (χ0n) is 28.9. The molecule has 0 N–H and O–H groups in total. The molecule has 0 nitrogen and oxygen atoms in total. The molecule has 8 aromatic carbocycles. The van der Waals surface area contributed by atoms with E-state index in [0.29, 0.717) is 0 Å². The van der Waals surface area contributed by atoms with Crippen LogP contribution in [-0.2, 0) is 10.8 Å². The summed E-state index contributed by atoms with van der Waals surface area (Å²) in [6.07, 6.45) is 0. The lowest BCUT2D eigenvalue weighted by Crippen LogP contribution is -2.17. The number of fused-ring (bicyclic) bond motifs is 10. The molecular formula is C50H36. The predicted molar refractivity (Wildman–Crippen MR) is 212 cm³/mol. The maximum absolute atomic E-state index is 2.51. The Hall–Kier alpha value is -5.72. The summed E-state index contributed by atoms with van der Waals surface area (Å²) in [4.78, 5) is 0. The molecule has 50 heavy (non-hydrogen) atoms. The van der Waals surface area contributed by atoms with E-state index in [9.17, 15) is 0 Å². The van der Waals surface area contributed by atoms with Crippen molar-refractivity contribution in [1.29, 1.82) is 0 Å². The Balaban J connectivity index is 1.08. The van der Waals surface area contributed by atoms with E-state index in [4.69, 9.17) is 0 Å². The summed E-state index contributed by atoms with van der Waals surface area (Å²) < 4.78 is 0. The van der Waals surface area contributed by atoms with Gasteiger partial charge in [-0.25, -0.2) is 0 Å².